The SMILES string of the molecule is Cc1csc(CN2C(=O)c3cccc(N4CCN(Cc5cccc(Oc6ccccc6)c5)CC4)c3C2=O)n1. The van der Waals surface area contributed by atoms with E-state index in [-0.39, 0.29) is 18.4 Å². The van der Waals surface area contributed by atoms with Crippen molar-refractivity contribution >= 4 is 28.8 Å². The monoisotopic (exact) mass is 524 g/mol. The maximum Gasteiger partial charge on any atom is 0.264 e. The summed E-state index contributed by atoms with van der Waals surface area (Å²) < 4.78 is 6.00. The van der Waals surface area contributed by atoms with Crippen molar-refractivity contribution in [2.45, 2.75) is 20.0 Å². The Hall–Kier alpha value is -4.01. The number of aromatic nitrogens is 1. The molecule has 0 aliphatic carbocycles. The van der Waals surface area contributed by atoms with Crippen LogP contribution in [0.4, 0.5) is 5.69 Å². The maximum atomic E-state index is 13.4. The molecule has 2 aliphatic heterocycles. The Bertz CT molecular complexity index is 1480. The number of hydrogen-bond acceptors (Lipinski definition) is 7. The first-order chi connectivity index (χ1) is 18.5. The zero-order chi connectivity index (χ0) is 26.1. The lowest BCUT2D eigenvalue weighted by Crippen LogP contribution is -2.46. The Balaban J connectivity index is 1.11. The number of imide groups is 1. The van der Waals surface area contributed by atoms with Gasteiger partial charge in [0.05, 0.1) is 23.4 Å². The number of amides is 2. The number of thiazole rings is 1. The lowest BCUT2D eigenvalue weighted by atomic mass is 10.1. The van der Waals surface area contributed by atoms with E-state index in [9.17, 15) is 9.59 Å². The number of carbonyl (C=O) groups is 2. The summed E-state index contributed by atoms with van der Waals surface area (Å²) in [5.74, 6) is 1.18. The number of fused-ring (bicyclic) bond motifs is 1. The minimum atomic E-state index is -0.240. The summed E-state index contributed by atoms with van der Waals surface area (Å²) in [4.78, 5) is 36.9. The van der Waals surface area contributed by atoms with Gasteiger partial charge in [0, 0.05) is 43.8 Å². The first-order valence-electron chi connectivity index (χ1n) is 12.7. The second kappa shape index (κ2) is 10.4. The van der Waals surface area contributed by atoms with Crippen LogP contribution < -0.4 is 9.64 Å². The van der Waals surface area contributed by atoms with Crippen molar-refractivity contribution in [3.63, 3.8) is 0 Å². The molecule has 3 heterocycles. The molecule has 2 aliphatic rings. The van der Waals surface area contributed by atoms with E-state index in [1.165, 1.54) is 21.8 Å². The molecule has 4 aromatic rings. The van der Waals surface area contributed by atoms with Crippen molar-refractivity contribution < 1.29 is 14.3 Å². The minimum absolute atomic E-state index is 0.213. The van der Waals surface area contributed by atoms with Gasteiger partial charge in [0.15, 0.2) is 0 Å². The minimum Gasteiger partial charge on any atom is -0.457 e. The zero-order valence-corrected chi connectivity index (χ0v) is 22.0. The fraction of sp³-hybridized carbons (Fsp3) is 0.233. The lowest BCUT2D eigenvalue weighted by molar-refractivity contribution is 0.0642. The molecule has 0 unspecified atom stereocenters. The van der Waals surface area contributed by atoms with E-state index in [4.69, 9.17) is 4.74 Å². The van der Waals surface area contributed by atoms with Gasteiger partial charge in [0.2, 0.25) is 0 Å². The first-order valence-corrected chi connectivity index (χ1v) is 13.6. The molecule has 192 valence electrons. The van der Waals surface area contributed by atoms with Crippen LogP contribution in [0.25, 0.3) is 0 Å². The number of carbonyl (C=O) groups excluding carboxylic acids is 2. The van der Waals surface area contributed by atoms with Crippen LogP contribution in [-0.4, -0.2) is 52.8 Å². The Morgan fingerprint density at radius 1 is 0.842 bits per heavy atom. The average molecular weight is 525 g/mol. The van der Waals surface area contributed by atoms with Gasteiger partial charge in [0.1, 0.15) is 16.5 Å². The number of rotatable bonds is 7. The molecule has 0 saturated carbocycles. The van der Waals surface area contributed by atoms with Gasteiger partial charge in [-0.05, 0) is 48.9 Å². The van der Waals surface area contributed by atoms with Crippen LogP contribution in [-0.2, 0) is 13.1 Å². The van der Waals surface area contributed by atoms with Crippen molar-refractivity contribution in [3.8, 4) is 11.5 Å². The molecule has 1 saturated heterocycles. The van der Waals surface area contributed by atoms with Crippen molar-refractivity contribution in [2.75, 3.05) is 31.1 Å². The van der Waals surface area contributed by atoms with E-state index in [2.05, 4.69) is 26.9 Å². The number of para-hydroxylation sites is 1. The standard InChI is InChI=1S/C30H28N4O3S/c1-21-20-38-27(31-21)19-34-29(35)25-11-6-12-26(28(25)30(34)36)33-15-13-32(14-16-33)18-22-7-5-10-24(17-22)37-23-8-3-2-4-9-23/h2-12,17,20H,13-16,18-19H2,1H3. The summed E-state index contributed by atoms with van der Waals surface area (Å²) in [5, 5.41) is 2.70. The summed E-state index contributed by atoms with van der Waals surface area (Å²) in [6, 6.07) is 23.6. The van der Waals surface area contributed by atoms with E-state index >= 15 is 0 Å². The van der Waals surface area contributed by atoms with Crippen LogP contribution in [0.15, 0.2) is 78.2 Å². The van der Waals surface area contributed by atoms with Gasteiger partial charge in [-0.2, -0.15) is 0 Å². The number of aryl methyl sites for hydroxylation is 1. The highest BCUT2D eigenvalue weighted by Crippen LogP contribution is 2.33. The third-order valence-corrected chi connectivity index (χ3v) is 7.88. The summed E-state index contributed by atoms with van der Waals surface area (Å²) in [6.45, 7) is 6.23. The number of hydrogen-bond donors (Lipinski definition) is 0. The van der Waals surface area contributed by atoms with E-state index < -0.39 is 0 Å². The molecule has 38 heavy (non-hydrogen) atoms. The van der Waals surface area contributed by atoms with Crippen molar-refractivity contribution in [1.29, 1.82) is 0 Å². The summed E-state index contributed by atoms with van der Waals surface area (Å²) in [7, 11) is 0. The molecule has 7 nitrogen and oxygen atoms in total. The molecular formula is C30H28N4O3S. The molecule has 0 atom stereocenters. The van der Waals surface area contributed by atoms with Crippen molar-refractivity contribution in [1.82, 2.24) is 14.8 Å². The van der Waals surface area contributed by atoms with Crippen LogP contribution in [0.1, 0.15) is 37.0 Å². The molecule has 1 aromatic heterocycles. The van der Waals surface area contributed by atoms with Gasteiger partial charge in [-0.1, -0.05) is 36.4 Å². The van der Waals surface area contributed by atoms with Crippen molar-refractivity contribution in [3.05, 3.63) is 106 Å². The van der Waals surface area contributed by atoms with Gasteiger partial charge >= 0.3 is 0 Å². The van der Waals surface area contributed by atoms with Crippen LogP contribution in [0, 0.1) is 6.92 Å². The van der Waals surface area contributed by atoms with E-state index in [0.717, 1.165) is 60.6 Å². The van der Waals surface area contributed by atoms with Crippen LogP contribution >= 0.6 is 11.3 Å². The fourth-order valence-electron chi connectivity index (χ4n) is 5.07. The normalized spacial score (nSPS) is 15.7. The maximum absolute atomic E-state index is 13.4. The Labute approximate surface area is 225 Å². The van der Waals surface area contributed by atoms with E-state index in [1.54, 1.807) is 6.07 Å². The second-order valence-corrected chi connectivity index (χ2v) is 10.5. The van der Waals surface area contributed by atoms with Gasteiger partial charge < -0.3 is 9.64 Å². The van der Waals surface area contributed by atoms with E-state index in [1.807, 2.05) is 66.9 Å². The van der Waals surface area contributed by atoms with Crippen LogP contribution in [0.5, 0.6) is 11.5 Å². The smallest absolute Gasteiger partial charge is 0.264 e. The summed E-state index contributed by atoms with van der Waals surface area (Å²) >= 11 is 1.47. The zero-order valence-electron chi connectivity index (χ0n) is 21.2. The quantitative estimate of drug-likeness (QED) is 0.303. The molecule has 0 spiro atoms. The number of piperazine rings is 1. The Morgan fingerprint density at radius 2 is 1.61 bits per heavy atom. The number of anilines is 1. The average Bonchev–Trinajstić information content (AvgIpc) is 3.46. The van der Waals surface area contributed by atoms with Gasteiger partial charge in [-0.15, -0.1) is 11.3 Å². The Morgan fingerprint density at radius 3 is 2.37 bits per heavy atom. The Kier molecular flexibility index (Phi) is 6.66. The van der Waals surface area contributed by atoms with Gasteiger partial charge in [-0.3, -0.25) is 19.4 Å². The molecule has 0 N–H and O–H groups in total. The summed E-state index contributed by atoms with van der Waals surface area (Å²) in [5.41, 5.74) is 3.94. The molecule has 3 aromatic carbocycles. The predicted molar refractivity (Wildman–Crippen MR) is 148 cm³/mol. The molecule has 1 fully saturated rings. The van der Waals surface area contributed by atoms with E-state index in [0.29, 0.717) is 11.1 Å². The van der Waals surface area contributed by atoms with Crippen LogP contribution in [0.3, 0.4) is 0 Å². The second-order valence-electron chi connectivity index (χ2n) is 9.60. The topological polar surface area (TPSA) is 66.0 Å². The first kappa shape index (κ1) is 24.3. The fourth-order valence-corrected chi connectivity index (χ4v) is 5.83. The largest absolute Gasteiger partial charge is 0.457 e. The molecule has 2 amide bonds. The van der Waals surface area contributed by atoms with Crippen LogP contribution in [0.2, 0.25) is 0 Å². The lowest BCUT2D eigenvalue weighted by Gasteiger charge is -2.36. The molecule has 0 bridgehead atoms. The highest BCUT2D eigenvalue weighted by atomic mass is 32.1. The van der Waals surface area contributed by atoms with Crippen molar-refractivity contribution in [2.24, 2.45) is 0 Å². The third kappa shape index (κ3) is 4.92. The predicted octanol–water partition coefficient (Wildman–Crippen LogP) is 5.36. The number of nitrogens with zero attached hydrogens (tertiary/aromatic N) is 4. The number of benzene rings is 3. The molecule has 6 rings (SSSR count). The highest BCUT2D eigenvalue weighted by molar-refractivity contribution is 7.09. The molecule has 0 radical (unpaired) electrons. The number of ether oxygens (including phenoxy) is 1. The molecular weight excluding hydrogens is 496 g/mol. The van der Waals surface area contributed by atoms with Gasteiger partial charge in [-0.25, -0.2) is 4.98 Å². The molecule has 8 heteroatoms. The summed E-state index contributed by atoms with van der Waals surface area (Å²) in [6.07, 6.45) is 0. The third-order valence-electron chi connectivity index (χ3n) is 6.93. The van der Waals surface area contributed by atoms with Gasteiger partial charge in [0.25, 0.3) is 11.8 Å². The highest BCUT2D eigenvalue weighted by Gasteiger charge is 2.39.